The molecule has 2 aromatic rings. The molecule has 1 amide bonds. The number of alkyl halides is 2. The minimum atomic E-state index is -2.92. The van der Waals surface area contributed by atoms with Crippen LogP contribution in [-0.2, 0) is 11.3 Å². The van der Waals surface area contributed by atoms with Gasteiger partial charge >= 0.3 is 6.61 Å². The van der Waals surface area contributed by atoms with Crippen LogP contribution >= 0.6 is 0 Å². The average Bonchev–Trinajstić information content (AvgIpc) is 2.59. The number of halogens is 2. The SMILES string of the molecule is COc1cc(CN(C)CC(=O)Nc2cccc(C)c2C)ccc1OC(F)F. The van der Waals surface area contributed by atoms with Crippen molar-refractivity contribution in [3.05, 3.63) is 53.1 Å². The van der Waals surface area contributed by atoms with Gasteiger partial charge in [0, 0.05) is 12.2 Å². The lowest BCUT2D eigenvalue weighted by Gasteiger charge is -2.18. The molecule has 0 aliphatic heterocycles. The molecule has 0 fully saturated rings. The Morgan fingerprint density at radius 2 is 1.93 bits per heavy atom. The molecule has 0 spiro atoms. The lowest BCUT2D eigenvalue weighted by Crippen LogP contribution is -2.30. The van der Waals surface area contributed by atoms with Gasteiger partial charge in [0.1, 0.15) is 0 Å². The monoisotopic (exact) mass is 378 g/mol. The molecule has 5 nitrogen and oxygen atoms in total. The number of anilines is 1. The Morgan fingerprint density at radius 3 is 2.59 bits per heavy atom. The molecular weight excluding hydrogens is 354 g/mol. The van der Waals surface area contributed by atoms with Crippen LogP contribution in [0.15, 0.2) is 36.4 Å². The summed E-state index contributed by atoms with van der Waals surface area (Å²) in [6.45, 7) is 1.67. The summed E-state index contributed by atoms with van der Waals surface area (Å²) in [6.07, 6.45) is 0. The molecule has 0 unspecified atom stereocenters. The van der Waals surface area contributed by atoms with Crippen LogP contribution in [0, 0.1) is 13.8 Å². The van der Waals surface area contributed by atoms with Gasteiger partial charge in [-0.1, -0.05) is 18.2 Å². The van der Waals surface area contributed by atoms with E-state index in [2.05, 4.69) is 10.1 Å². The van der Waals surface area contributed by atoms with Gasteiger partial charge in [-0.2, -0.15) is 8.78 Å². The maximum atomic E-state index is 12.4. The van der Waals surface area contributed by atoms with E-state index in [0.29, 0.717) is 6.54 Å². The smallest absolute Gasteiger partial charge is 0.387 e. The zero-order chi connectivity index (χ0) is 20.0. The fraction of sp³-hybridized carbons (Fsp3) is 0.350. The fourth-order valence-electron chi connectivity index (χ4n) is 2.69. The summed E-state index contributed by atoms with van der Waals surface area (Å²) < 4.78 is 34.3. The van der Waals surface area contributed by atoms with Crippen molar-refractivity contribution in [3.8, 4) is 11.5 Å². The zero-order valence-electron chi connectivity index (χ0n) is 15.9. The van der Waals surface area contributed by atoms with Crippen LogP contribution in [0.4, 0.5) is 14.5 Å². The predicted molar refractivity (Wildman–Crippen MR) is 101 cm³/mol. The van der Waals surface area contributed by atoms with Gasteiger partial charge in [-0.3, -0.25) is 9.69 Å². The molecule has 0 bridgehead atoms. The summed E-state index contributed by atoms with van der Waals surface area (Å²) in [6, 6.07) is 10.5. The molecule has 0 saturated carbocycles. The summed E-state index contributed by atoms with van der Waals surface area (Å²) >= 11 is 0. The molecule has 0 aliphatic carbocycles. The number of amides is 1. The zero-order valence-corrected chi connectivity index (χ0v) is 15.9. The summed E-state index contributed by atoms with van der Waals surface area (Å²) in [5.41, 5.74) is 3.76. The minimum Gasteiger partial charge on any atom is -0.493 e. The second kappa shape index (κ2) is 9.32. The maximum Gasteiger partial charge on any atom is 0.387 e. The number of ether oxygens (including phenoxy) is 2. The molecule has 0 aromatic heterocycles. The second-order valence-corrected chi connectivity index (χ2v) is 6.33. The van der Waals surface area contributed by atoms with Crippen molar-refractivity contribution in [2.75, 3.05) is 26.0 Å². The standard InChI is InChI=1S/C20H24F2N2O3/c1-13-6-5-7-16(14(13)2)23-19(25)12-24(3)11-15-8-9-17(27-20(21)22)18(10-15)26-4/h5-10,20H,11-12H2,1-4H3,(H,23,25). The molecule has 0 saturated heterocycles. The number of nitrogens with zero attached hydrogens (tertiary/aromatic N) is 1. The van der Waals surface area contributed by atoms with E-state index in [0.717, 1.165) is 22.4 Å². The van der Waals surface area contributed by atoms with Crippen molar-refractivity contribution in [1.29, 1.82) is 0 Å². The van der Waals surface area contributed by atoms with Crippen molar-refractivity contribution in [2.45, 2.75) is 27.0 Å². The van der Waals surface area contributed by atoms with Crippen LogP contribution in [0.5, 0.6) is 11.5 Å². The number of benzene rings is 2. The quantitative estimate of drug-likeness (QED) is 0.755. The Morgan fingerprint density at radius 1 is 1.19 bits per heavy atom. The van der Waals surface area contributed by atoms with E-state index in [1.807, 2.05) is 36.9 Å². The van der Waals surface area contributed by atoms with E-state index in [4.69, 9.17) is 4.74 Å². The largest absolute Gasteiger partial charge is 0.493 e. The number of rotatable bonds is 8. The van der Waals surface area contributed by atoms with E-state index in [9.17, 15) is 13.6 Å². The number of hydrogen-bond acceptors (Lipinski definition) is 4. The average molecular weight is 378 g/mol. The van der Waals surface area contributed by atoms with Crippen LogP contribution in [0.1, 0.15) is 16.7 Å². The van der Waals surface area contributed by atoms with Gasteiger partial charge in [-0.05, 0) is 55.8 Å². The van der Waals surface area contributed by atoms with Crippen molar-refractivity contribution < 1.29 is 23.0 Å². The van der Waals surface area contributed by atoms with E-state index in [1.165, 1.54) is 13.2 Å². The first kappa shape index (κ1) is 20.6. The Balaban J connectivity index is 1.97. The van der Waals surface area contributed by atoms with Gasteiger partial charge in [0.05, 0.1) is 13.7 Å². The van der Waals surface area contributed by atoms with Crippen molar-refractivity contribution >= 4 is 11.6 Å². The highest BCUT2D eigenvalue weighted by molar-refractivity contribution is 5.93. The number of carbonyl (C=O) groups excluding carboxylic acids is 1. The van der Waals surface area contributed by atoms with Gasteiger partial charge in [-0.15, -0.1) is 0 Å². The van der Waals surface area contributed by atoms with Crippen LogP contribution < -0.4 is 14.8 Å². The normalized spacial score (nSPS) is 11.0. The highest BCUT2D eigenvalue weighted by Gasteiger charge is 2.13. The highest BCUT2D eigenvalue weighted by atomic mass is 19.3. The molecule has 1 N–H and O–H groups in total. The molecule has 2 aromatic carbocycles. The van der Waals surface area contributed by atoms with E-state index in [1.54, 1.807) is 19.2 Å². The number of likely N-dealkylation sites (N-methyl/N-ethyl adjacent to an activating group) is 1. The number of methoxy groups -OCH3 is 1. The molecule has 0 radical (unpaired) electrons. The first-order valence-corrected chi connectivity index (χ1v) is 8.46. The van der Waals surface area contributed by atoms with Crippen LogP contribution in [-0.4, -0.2) is 38.1 Å². The summed E-state index contributed by atoms with van der Waals surface area (Å²) in [4.78, 5) is 14.1. The number of nitrogens with one attached hydrogen (secondary N) is 1. The molecule has 0 heterocycles. The summed E-state index contributed by atoms with van der Waals surface area (Å²) in [5, 5.41) is 2.91. The molecule has 0 aliphatic rings. The Hall–Kier alpha value is -2.67. The van der Waals surface area contributed by atoms with Gasteiger partial charge in [0.2, 0.25) is 5.91 Å². The lowest BCUT2D eigenvalue weighted by atomic mass is 10.1. The minimum absolute atomic E-state index is 0.0217. The first-order chi connectivity index (χ1) is 12.8. The third-order valence-corrected chi connectivity index (χ3v) is 4.19. The highest BCUT2D eigenvalue weighted by Crippen LogP contribution is 2.29. The van der Waals surface area contributed by atoms with Gasteiger partial charge in [0.15, 0.2) is 11.5 Å². The van der Waals surface area contributed by atoms with Crippen molar-refractivity contribution in [3.63, 3.8) is 0 Å². The third kappa shape index (κ3) is 5.92. The lowest BCUT2D eigenvalue weighted by molar-refractivity contribution is -0.117. The molecule has 146 valence electrons. The first-order valence-electron chi connectivity index (χ1n) is 8.46. The van der Waals surface area contributed by atoms with Crippen LogP contribution in [0.2, 0.25) is 0 Å². The summed E-state index contributed by atoms with van der Waals surface area (Å²) in [5.74, 6) is 0.0726. The number of aryl methyl sites for hydroxylation is 1. The Kier molecular flexibility index (Phi) is 7.12. The van der Waals surface area contributed by atoms with E-state index >= 15 is 0 Å². The van der Waals surface area contributed by atoms with Gasteiger partial charge < -0.3 is 14.8 Å². The molecule has 27 heavy (non-hydrogen) atoms. The van der Waals surface area contributed by atoms with E-state index < -0.39 is 6.61 Å². The maximum absolute atomic E-state index is 12.4. The van der Waals surface area contributed by atoms with Crippen LogP contribution in [0.25, 0.3) is 0 Å². The van der Waals surface area contributed by atoms with E-state index in [-0.39, 0.29) is 24.0 Å². The second-order valence-electron chi connectivity index (χ2n) is 6.33. The van der Waals surface area contributed by atoms with Gasteiger partial charge in [-0.25, -0.2) is 0 Å². The van der Waals surface area contributed by atoms with Crippen molar-refractivity contribution in [1.82, 2.24) is 4.90 Å². The third-order valence-electron chi connectivity index (χ3n) is 4.19. The molecule has 7 heteroatoms. The summed E-state index contributed by atoms with van der Waals surface area (Å²) in [7, 11) is 3.19. The Bertz CT molecular complexity index is 797. The fourth-order valence-corrected chi connectivity index (χ4v) is 2.69. The number of hydrogen-bond donors (Lipinski definition) is 1. The Labute approximate surface area is 157 Å². The topological polar surface area (TPSA) is 50.8 Å². The molecule has 0 atom stereocenters. The predicted octanol–water partition coefficient (Wildman–Crippen LogP) is 3.98. The molecule has 2 rings (SSSR count). The molecular formula is C20H24F2N2O3. The van der Waals surface area contributed by atoms with Crippen LogP contribution in [0.3, 0.4) is 0 Å². The van der Waals surface area contributed by atoms with Gasteiger partial charge in [0.25, 0.3) is 0 Å². The number of carbonyl (C=O) groups is 1. The van der Waals surface area contributed by atoms with Crippen molar-refractivity contribution in [2.24, 2.45) is 0 Å².